The monoisotopic (exact) mass is 314 g/mol. The molecule has 3 nitrogen and oxygen atoms in total. The minimum atomic E-state index is -2.39. The van der Waals surface area contributed by atoms with Crippen molar-refractivity contribution in [2.45, 2.75) is 44.3 Å². The number of halogens is 1. The number of carbonyl (C=O) groups excluding carboxylic acids is 1. The third-order valence-electron chi connectivity index (χ3n) is 4.11. The molecule has 0 aliphatic carbocycles. The summed E-state index contributed by atoms with van der Waals surface area (Å²) in [7, 11) is -1.01. The fourth-order valence-corrected chi connectivity index (χ4v) is 2.87. The smallest absolute Gasteiger partial charge is 0.313 e. The second-order valence-electron chi connectivity index (χ2n) is 6.28. The molecule has 0 aliphatic heterocycles. The Hall–Kier alpha value is -0.843. The van der Waals surface area contributed by atoms with E-state index in [1.807, 2.05) is 39.1 Å². The fourth-order valence-electron chi connectivity index (χ4n) is 1.96. The van der Waals surface area contributed by atoms with Crippen LogP contribution in [0.25, 0.3) is 0 Å². The summed E-state index contributed by atoms with van der Waals surface area (Å²) in [6.45, 7) is 7.78. The van der Waals surface area contributed by atoms with Crippen LogP contribution in [0.15, 0.2) is 24.3 Å². The van der Waals surface area contributed by atoms with Crippen LogP contribution in [-0.2, 0) is 9.53 Å². The molecule has 0 fully saturated rings. The standard InChI is InChI=1S/C15H23ClO3Si/c1-15(2,20(4,5)18)10-13(14(17)19-3)11-7-6-8-12(16)9-11/h6-9,13,18H,10H2,1-5H3/t13-/m1/s1. The predicted molar refractivity (Wildman–Crippen MR) is 84.6 cm³/mol. The molecule has 0 saturated carbocycles. The summed E-state index contributed by atoms with van der Waals surface area (Å²) in [5.74, 6) is -0.703. The van der Waals surface area contributed by atoms with Crippen molar-refractivity contribution in [1.29, 1.82) is 0 Å². The molecule has 112 valence electrons. The first kappa shape index (κ1) is 17.2. The zero-order valence-corrected chi connectivity index (χ0v) is 14.5. The Labute approximate surface area is 127 Å². The number of methoxy groups -OCH3 is 1. The van der Waals surface area contributed by atoms with Gasteiger partial charge in [0, 0.05) is 5.02 Å². The molecule has 0 unspecified atom stereocenters. The lowest BCUT2D eigenvalue weighted by atomic mass is 9.89. The van der Waals surface area contributed by atoms with Crippen LogP contribution >= 0.6 is 11.6 Å². The number of carbonyl (C=O) groups is 1. The van der Waals surface area contributed by atoms with Gasteiger partial charge in [-0.3, -0.25) is 4.79 Å². The first-order valence-electron chi connectivity index (χ1n) is 6.64. The van der Waals surface area contributed by atoms with Crippen LogP contribution in [0.4, 0.5) is 0 Å². The number of benzene rings is 1. The highest BCUT2D eigenvalue weighted by molar-refractivity contribution is 6.72. The predicted octanol–water partition coefficient (Wildman–Crippen LogP) is 3.96. The SMILES string of the molecule is COC(=O)[C@H](CC(C)(C)[Si](C)(C)O)c1cccc(Cl)c1. The summed E-state index contributed by atoms with van der Waals surface area (Å²) in [6.07, 6.45) is 0.537. The van der Waals surface area contributed by atoms with Gasteiger partial charge in [-0.1, -0.05) is 37.6 Å². The number of hydrogen-bond acceptors (Lipinski definition) is 3. The van der Waals surface area contributed by atoms with Gasteiger partial charge >= 0.3 is 5.97 Å². The van der Waals surface area contributed by atoms with E-state index in [9.17, 15) is 9.59 Å². The second kappa shape index (κ2) is 6.29. The summed E-state index contributed by atoms with van der Waals surface area (Å²) in [6, 6.07) is 7.25. The van der Waals surface area contributed by atoms with Crippen molar-refractivity contribution in [1.82, 2.24) is 0 Å². The van der Waals surface area contributed by atoms with Crippen LogP contribution in [0.5, 0.6) is 0 Å². The van der Waals surface area contributed by atoms with Gasteiger partial charge in [0.1, 0.15) is 0 Å². The van der Waals surface area contributed by atoms with E-state index >= 15 is 0 Å². The van der Waals surface area contributed by atoms with E-state index in [4.69, 9.17) is 16.3 Å². The minimum absolute atomic E-state index is 0.293. The Morgan fingerprint density at radius 1 is 1.45 bits per heavy atom. The van der Waals surface area contributed by atoms with Gasteiger partial charge in [0.05, 0.1) is 13.0 Å². The molecule has 0 saturated heterocycles. The van der Waals surface area contributed by atoms with Crippen molar-refractivity contribution in [3.05, 3.63) is 34.9 Å². The van der Waals surface area contributed by atoms with E-state index in [1.165, 1.54) is 7.11 Å². The third-order valence-corrected chi connectivity index (χ3v) is 7.86. The molecule has 0 bridgehead atoms. The van der Waals surface area contributed by atoms with E-state index in [1.54, 1.807) is 12.1 Å². The fraction of sp³-hybridized carbons (Fsp3) is 0.533. The summed E-state index contributed by atoms with van der Waals surface area (Å²) in [5, 5.41) is 0.281. The molecular weight excluding hydrogens is 292 g/mol. The summed E-state index contributed by atoms with van der Waals surface area (Å²) in [5.41, 5.74) is 0.829. The van der Waals surface area contributed by atoms with Crippen LogP contribution in [0.1, 0.15) is 31.7 Å². The van der Waals surface area contributed by atoms with Gasteiger partial charge in [-0.25, -0.2) is 0 Å². The molecule has 5 heteroatoms. The highest BCUT2D eigenvalue weighted by atomic mass is 35.5. The van der Waals surface area contributed by atoms with Gasteiger partial charge in [-0.15, -0.1) is 0 Å². The molecule has 20 heavy (non-hydrogen) atoms. The Morgan fingerprint density at radius 2 is 2.05 bits per heavy atom. The zero-order chi connectivity index (χ0) is 15.6. The van der Waals surface area contributed by atoms with Crippen molar-refractivity contribution in [2.24, 2.45) is 0 Å². The molecular formula is C15H23ClO3Si. The van der Waals surface area contributed by atoms with E-state index in [-0.39, 0.29) is 11.0 Å². The lowest BCUT2D eigenvalue weighted by Gasteiger charge is -2.37. The van der Waals surface area contributed by atoms with Crippen LogP contribution in [0, 0.1) is 0 Å². The van der Waals surface area contributed by atoms with Crippen LogP contribution in [-0.4, -0.2) is 26.2 Å². The average Bonchev–Trinajstić information content (AvgIpc) is 2.33. The van der Waals surface area contributed by atoms with E-state index in [2.05, 4.69) is 0 Å². The highest BCUT2D eigenvalue weighted by Crippen LogP contribution is 2.44. The average molecular weight is 315 g/mol. The number of hydrogen-bond donors (Lipinski definition) is 1. The quantitative estimate of drug-likeness (QED) is 0.661. The number of esters is 1. The van der Waals surface area contributed by atoms with Crippen molar-refractivity contribution >= 4 is 25.9 Å². The molecule has 0 aliphatic rings. The van der Waals surface area contributed by atoms with Gasteiger partial charge in [0.15, 0.2) is 8.32 Å². The normalized spacial score (nSPS) is 13.9. The Bertz CT molecular complexity index is 480. The summed E-state index contributed by atoms with van der Waals surface area (Å²) in [4.78, 5) is 22.5. The molecule has 0 heterocycles. The van der Waals surface area contributed by atoms with Gasteiger partial charge in [-0.05, 0) is 42.2 Å². The van der Waals surface area contributed by atoms with Crippen molar-refractivity contribution in [3.63, 3.8) is 0 Å². The van der Waals surface area contributed by atoms with Gasteiger partial charge in [0.25, 0.3) is 0 Å². The van der Waals surface area contributed by atoms with Crippen molar-refractivity contribution < 1.29 is 14.3 Å². The largest absolute Gasteiger partial charge is 0.469 e. The molecule has 1 aromatic carbocycles. The third kappa shape index (κ3) is 4.07. The maximum Gasteiger partial charge on any atom is 0.313 e. The van der Waals surface area contributed by atoms with E-state index in [0.717, 1.165) is 5.56 Å². The molecule has 1 rings (SSSR count). The maximum atomic E-state index is 12.1. The maximum absolute atomic E-state index is 12.1. The Kier molecular flexibility index (Phi) is 5.41. The molecule has 1 N–H and O–H groups in total. The van der Waals surface area contributed by atoms with E-state index < -0.39 is 14.2 Å². The van der Waals surface area contributed by atoms with Crippen LogP contribution in [0.2, 0.25) is 23.2 Å². The zero-order valence-electron chi connectivity index (χ0n) is 12.7. The molecule has 0 radical (unpaired) electrons. The lowest BCUT2D eigenvalue weighted by molar-refractivity contribution is -0.142. The van der Waals surface area contributed by atoms with Crippen molar-refractivity contribution in [3.8, 4) is 0 Å². The van der Waals surface area contributed by atoms with Gasteiger partial charge in [-0.2, -0.15) is 0 Å². The lowest BCUT2D eigenvalue weighted by Crippen LogP contribution is -2.40. The molecule has 1 atom stereocenters. The van der Waals surface area contributed by atoms with Crippen molar-refractivity contribution in [2.75, 3.05) is 7.11 Å². The molecule has 1 aromatic rings. The first-order valence-corrected chi connectivity index (χ1v) is 9.96. The molecule has 0 amide bonds. The van der Waals surface area contributed by atoms with Crippen LogP contribution in [0.3, 0.4) is 0 Å². The summed E-state index contributed by atoms with van der Waals surface area (Å²) >= 11 is 6.01. The topological polar surface area (TPSA) is 46.5 Å². The second-order valence-corrected chi connectivity index (χ2v) is 11.2. The highest BCUT2D eigenvalue weighted by Gasteiger charge is 2.41. The Morgan fingerprint density at radius 3 is 2.50 bits per heavy atom. The van der Waals surface area contributed by atoms with Gasteiger partial charge in [0.2, 0.25) is 0 Å². The van der Waals surface area contributed by atoms with Gasteiger partial charge < -0.3 is 9.53 Å². The van der Waals surface area contributed by atoms with Crippen LogP contribution < -0.4 is 0 Å². The molecule has 0 aromatic heterocycles. The first-order chi connectivity index (χ1) is 9.08. The number of rotatable bonds is 5. The molecule has 0 spiro atoms. The number of ether oxygens (including phenoxy) is 1. The Balaban J connectivity index is 3.12. The van der Waals surface area contributed by atoms with E-state index in [0.29, 0.717) is 11.4 Å². The summed E-state index contributed by atoms with van der Waals surface area (Å²) < 4.78 is 4.92. The minimum Gasteiger partial charge on any atom is -0.469 e.